The molecule has 0 aromatic rings. The maximum absolute atomic E-state index is 10.3. The molecule has 8 nitrogen and oxygen atoms in total. The highest BCUT2D eigenvalue weighted by molar-refractivity contribution is 4.93. The van der Waals surface area contributed by atoms with Crippen molar-refractivity contribution in [3.8, 4) is 0 Å². The third-order valence-electron chi connectivity index (χ3n) is 6.13. The van der Waals surface area contributed by atoms with Crippen LogP contribution in [-0.2, 0) is 9.47 Å². The van der Waals surface area contributed by atoms with Gasteiger partial charge in [0.05, 0.1) is 25.4 Å². The number of rotatable bonds is 7. The minimum Gasteiger partial charge on any atom is -0.394 e. The Morgan fingerprint density at radius 3 is 2.37 bits per heavy atom. The summed E-state index contributed by atoms with van der Waals surface area (Å²) in [6, 6.07) is 0. The summed E-state index contributed by atoms with van der Waals surface area (Å²) < 4.78 is 11.1. The predicted molar refractivity (Wildman–Crippen MR) is 96.6 cm³/mol. The maximum Gasteiger partial charge on any atom is 0.186 e. The molecule has 0 aromatic heterocycles. The van der Waals surface area contributed by atoms with Crippen molar-refractivity contribution in [2.45, 2.75) is 89.4 Å². The minimum atomic E-state index is -1.47. The minimum absolute atomic E-state index is 0.00475. The van der Waals surface area contributed by atoms with Gasteiger partial charge in [-0.1, -0.05) is 13.8 Å². The first-order chi connectivity index (χ1) is 12.6. The molecule has 1 aliphatic carbocycles. The van der Waals surface area contributed by atoms with Crippen molar-refractivity contribution >= 4 is 0 Å². The summed E-state index contributed by atoms with van der Waals surface area (Å²) in [5.41, 5.74) is -0.129. The summed E-state index contributed by atoms with van der Waals surface area (Å²) in [7, 11) is 0. The van der Waals surface area contributed by atoms with E-state index in [4.69, 9.17) is 9.47 Å². The smallest absolute Gasteiger partial charge is 0.186 e. The Morgan fingerprint density at radius 1 is 1.11 bits per heavy atom. The fourth-order valence-corrected chi connectivity index (χ4v) is 4.65. The Hall–Kier alpha value is -0.320. The molecule has 2 aliphatic rings. The van der Waals surface area contributed by atoms with Crippen LogP contribution in [0.3, 0.4) is 0 Å². The molecule has 2 rings (SSSR count). The molecule has 2 fully saturated rings. The largest absolute Gasteiger partial charge is 0.394 e. The zero-order valence-electron chi connectivity index (χ0n) is 16.4. The summed E-state index contributed by atoms with van der Waals surface area (Å²) in [5.74, 6) is 0.204. The number of aliphatic hydroxyl groups is 6. The zero-order chi connectivity index (χ0) is 20.4. The Balaban J connectivity index is 2.03. The van der Waals surface area contributed by atoms with Gasteiger partial charge in [-0.05, 0) is 49.9 Å². The summed E-state index contributed by atoms with van der Waals surface area (Å²) in [6.07, 6.45) is -4.68. The van der Waals surface area contributed by atoms with Crippen LogP contribution < -0.4 is 0 Å². The normalized spacial score (nSPS) is 43.4. The Kier molecular flexibility index (Phi) is 8.04. The molecule has 0 amide bonds. The van der Waals surface area contributed by atoms with Crippen LogP contribution in [0, 0.1) is 17.3 Å². The summed E-state index contributed by atoms with van der Waals surface area (Å²) in [6.45, 7) is 5.65. The van der Waals surface area contributed by atoms with Crippen molar-refractivity contribution in [1.82, 2.24) is 0 Å². The maximum atomic E-state index is 10.3. The van der Waals surface area contributed by atoms with Gasteiger partial charge in [0.15, 0.2) is 6.29 Å². The molecule has 0 spiro atoms. The van der Waals surface area contributed by atoms with Gasteiger partial charge in [0.1, 0.15) is 24.4 Å². The molecule has 9 atom stereocenters. The molecule has 8 heteroatoms. The summed E-state index contributed by atoms with van der Waals surface area (Å²) in [4.78, 5) is 0. The van der Waals surface area contributed by atoms with Crippen molar-refractivity contribution in [3.63, 3.8) is 0 Å². The standard InChI is InChI=1S/C19H36O8/c1-10(21)4-5-13-11(6-12(22)7-19(13,2)3)9-26-18-17(25)16(24)15(23)14(8-20)27-18/h10-18,20-25H,4-9H2,1-3H3/t10-,11-,12-,13+,14+,15+,16-,17+,18+/m0/s1. The van der Waals surface area contributed by atoms with Crippen LogP contribution in [0.2, 0.25) is 0 Å². The molecule has 1 aliphatic heterocycles. The Morgan fingerprint density at radius 2 is 1.78 bits per heavy atom. The lowest BCUT2D eigenvalue weighted by Crippen LogP contribution is -2.59. The van der Waals surface area contributed by atoms with E-state index in [1.54, 1.807) is 6.92 Å². The van der Waals surface area contributed by atoms with E-state index in [0.29, 0.717) is 19.3 Å². The average molecular weight is 392 g/mol. The molecule has 160 valence electrons. The predicted octanol–water partition coefficient (Wildman–Crippen LogP) is -0.623. The molecule has 0 bridgehead atoms. The second kappa shape index (κ2) is 9.45. The van der Waals surface area contributed by atoms with Gasteiger partial charge in [0, 0.05) is 0 Å². The lowest BCUT2D eigenvalue weighted by atomic mass is 9.61. The molecule has 0 radical (unpaired) electrons. The Labute approximate surface area is 160 Å². The van der Waals surface area contributed by atoms with Gasteiger partial charge < -0.3 is 40.1 Å². The molecule has 27 heavy (non-hydrogen) atoms. The molecule has 0 unspecified atom stereocenters. The van der Waals surface area contributed by atoms with E-state index >= 15 is 0 Å². The van der Waals surface area contributed by atoms with Crippen LogP contribution in [0.5, 0.6) is 0 Å². The van der Waals surface area contributed by atoms with Gasteiger partial charge in [-0.15, -0.1) is 0 Å². The van der Waals surface area contributed by atoms with Crippen molar-refractivity contribution < 1.29 is 40.1 Å². The van der Waals surface area contributed by atoms with Crippen LogP contribution >= 0.6 is 0 Å². The molecule has 6 N–H and O–H groups in total. The lowest BCUT2D eigenvalue weighted by molar-refractivity contribution is -0.305. The van der Waals surface area contributed by atoms with Gasteiger partial charge in [-0.25, -0.2) is 0 Å². The number of aliphatic hydroxyl groups excluding tert-OH is 6. The average Bonchev–Trinajstić information content (AvgIpc) is 2.57. The number of hydrogen-bond acceptors (Lipinski definition) is 8. The van der Waals surface area contributed by atoms with Crippen molar-refractivity contribution in [1.29, 1.82) is 0 Å². The van der Waals surface area contributed by atoms with Crippen molar-refractivity contribution in [2.24, 2.45) is 17.3 Å². The van der Waals surface area contributed by atoms with Crippen LogP contribution in [-0.4, -0.2) is 86.8 Å². The second-order valence-electron chi connectivity index (χ2n) is 8.91. The first-order valence-corrected chi connectivity index (χ1v) is 9.85. The van der Waals surface area contributed by atoms with E-state index < -0.39 is 49.5 Å². The zero-order valence-corrected chi connectivity index (χ0v) is 16.4. The van der Waals surface area contributed by atoms with Crippen molar-refractivity contribution in [3.05, 3.63) is 0 Å². The third-order valence-corrected chi connectivity index (χ3v) is 6.13. The van der Waals surface area contributed by atoms with E-state index in [2.05, 4.69) is 13.8 Å². The first kappa shape index (κ1) is 23.0. The van der Waals surface area contributed by atoms with Gasteiger partial charge in [-0.2, -0.15) is 0 Å². The van der Waals surface area contributed by atoms with Gasteiger partial charge >= 0.3 is 0 Å². The number of hydrogen-bond donors (Lipinski definition) is 6. The van der Waals surface area contributed by atoms with Crippen LogP contribution in [0.15, 0.2) is 0 Å². The third kappa shape index (κ3) is 5.61. The highest BCUT2D eigenvalue weighted by Crippen LogP contribution is 2.47. The summed E-state index contributed by atoms with van der Waals surface area (Å²) >= 11 is 0. The topological polar surface area (TPSA) is 140 Å². The van der Waals surface area contributed by atoms with E-state index in [9.17, 15) is 30.6 Å². The van der Waals surface area contributed by atoms with E-state index in [0.717, 1.165) is 6.42 Å². The van der Waals surface area contributed by atoms with Crippen LogP contribution in [0.25, 0.3) is 0 Å². The fourth-order valence-electron chi connectivity index (χ4n) is 4.65. The molecular weight excluding hydrogens is 356 g/mol. The lowest BCUT2D eigenvalue weighted by Gasteiger charge is -2.47. The van der Waals surface area contributed by atoms with Gasteiger partial charge in [0.2, 0.25) is 0 Å². The first-order valence-electron chi connectivity index (χ1n) is 9.85. The van der Waals surface area contributed by atoms with E-state index in [1.807, 2.05) is 0 Å². The Bertz CT molecular complexity index is 455. The van der Waals surface area contributed by atoms with Gasteiger partial charge in [-0.3, -0.25) is 0 Å². The number of ether oxygens (including phenoxy) is 2. The van der Waals surface area contributed by atoms with Crippen LogP contribution in [0.4, 0.5) is 0 Å². The molecule has 1 heterocycles. The molecule has 1 saturated heterocycles. The van der Waals surface area contributed by atoms with Crippen LogP contribution in [0.1, 0.15) is 46.5 Å². The van der Waals surface area contributed by atoms with E-state index in [-0.39, 0.29) is 23.9 Å². The highest BCUT2D eigenvalue weighted by atomic mass is 16.7. The quantitative estimate of drug-likeness (QED) is 0.337. The van der Waals surface area contributed by atoms with Crippen molar-refractivity contribution in [2.75, 3.05) is 13.2 Å². The molecule has 1 saturated carbocycles. The SMILES string of the molecule is C[C@H](O)CC[C@@H]1[C@H](CO[C@@H]2O[C@H](CO)[C@@H](O)[C@H](O)[C@H]2O)C[C@H](O)CC1(C)C. The summed E-state index contributed by atoms with van der Waals surface area (Å²) in [5, 5.41) is 59.1. The van der Waals surface area contributed by atoms with Gasteiger partial charge in [0.25, 0.3) is 0 Å². The fraction of sp³-hybridized carbons (Fsp3) is 1.00. The molecule has 0 aromatic carbocycles. The second-order valence-corrected chi connectivity index (χ2v) is 8.91. The van der Waals surface area contributed by atoms with E-state index in [1.165, 1.54) is 0 Å². The highest BCUT2D eigenvalue weighted by Gasteiger charge is 2.46. The molecular formula is C19H36O8. The monoisotopic (exact) mass is 392 g/mol.